The molecule has 3 heterocycles. The molecule has 136 valence electrons. The minimum atomic E-state index is -0.469. The Morgan fingerprint density at radius 2 is 1.76 bits per heavy atom. The third kappa shape index (κ3) is 3.11. The number of nitrogens with zero attached hydrogens (tertiary/aromatic N) is 5. The van der Waals surface area contributed by atoms with Crippen molar-refractivity contribution >= 4 is 17.1 Å². The summed E-state index contributed by atoms with van der Waals surface area (Å²) >= 11 is 0. The maximum absolute atomic E-state index is 12.1. The van der Waals surface area contributed by atoms with Gasteiger partial charge < -0.3 is 9.47 Å². The van der Waals surface area contributed by atoms with E-state index in [0.717, 1.165) is 18.9 Å². The lowest BCUT2D eigenvalue weighted by molar-refractivity contribution is -0.136. The van der Waals surface area contributed by atoms with Gasteiger partial charge in [-0.3, -0.25) is 24.0 Å². The number of carbonyl (C=O) groups is 1. The molecular weight excluding hydrogens is 324 g/mol. The average molecular weight is 348 g/mol. The van der Waals surface area contributed by atoms with Gasteiger partial charge in [-0.05, 0) is 0 Å². The molecule has 0 aromatic carbocycles. The highest BCUT2D eigenvalue weighted by Gasteiger charge is 2.24. The fourth-order valence-electron chi connectivity index (χ4n) is 3.19. The molecule has 25 heavy (non-hydrogen) atoms. The maximum Gasteiger partial charge on any atom is 0.329 e. The van der Waals surface area contributed by atoms with Gasteiger partial charge in [0.15, 0.2) is 11.2 Å². The van der Waals surface area contributed by atoms with E-state index in [0.29, 0.717) is 30.8 Å². The Hall–Kier alpha value is -2.42. The van der Waals surface area contributed by atoms with Crippen LogP contribution in [0.15, 0.2) is 9.59 Å². The molecule has 0 atom stereocenters. The first-order valence-electron chi connectivity index (χ1n) is 8.45. The number of hydrogen-bond donors (Lipinski definition) is 1. The first kappa shape index (κ1) is 17.4. The second-order valence-electron chi connectivity index (χ2n) is 6.83. The number of aryl methyl sites for hydroxylation is 2. The molecule has 0 bridgehead atoms. The van der Waals surface area contributed by atoms with Crippen LogP contribution in [0.5, 0.6) is 0 Å². The molecule has 0 spiro atoms. The van der Waals surface area contributed by atoms with Crippen LogP contribution in [0.1, 0.15) is 19.7 Å². The quantitative estimate of drug-likeness (QED) is 0.788. The Balaban J connectivity index is 1.79. The van der Waals surface area contributed by atoms with Gasteiger partial charge in [-0.15, -0.1) is 0 Å². The summed E-state index contributed by atoms with van der Waals surface area (Å²) < 4.78 is 3.08. The lowest BCUT2D eigenvalue weighted by atomic mass is 10.1. The third-order valence-corrected chi connectivity index (χ3v) is 4.77. The second kappa shape index (κ2) is 6.47. The van der Waals surface area contributed by atoms with Gasteiger partial charge in [-0.1, -0.05) is 13.8 Å². The lowest BCUT2D eigenvalue weighted by Crippen LogP contribution is -2.49. The summed E-state index contributed by atoms with van der Waals surface area (Å²) in [6.07, 6.45) is 0. The summed E-state index contributed by atoms with van der Waals surface area (Å²) in [5, 5.41) is 0. The smallest absolute Gasteiger partial charge is 0.329 e. The largest absolute Gasteiger partial charge is 0.340 e. The number of aromatic nitrogens is 4. The van der Waals surface area contributed by atoms with E-state index in [4.69, 9.17) is 0 Å². The Morgan fingerprint density at radius 1 is 1.12 bits per heavy atom. The number of amides is 1. The molecule has 0 aliphatic carbocycles. The van der Waals surface area contributed by atoms with Crippen molar-refractivity contribution in [1.29, 1.82) is 0 Å². The first-order valence-corrected chi connectivity index (χ1v) is 8.45. The lowest BCUT2D eigenvalue weighted by Gasteiger charge is -2.35. The van der Waals surface area contributed by atoms with E-state index in [1.165, 1.54) is 4.57 Å². The van der Waals surface area contributed by atoms with Crippen LogP contribution in [0.3, 0.4) is 0 Å². The van der Waals surface area contributed by atoms with Gasteiger partial charge in [0.2, 0.25) is 5.91 Å². The topological polar surface area (TPSA) is 96.2 Å². The van der Waals surface area contributed by atoms with E-state index >= 15 is 0 Å². The predicted molar refractivity (Wildman–Crippen MR) is 93.3 cm³/mol. The molecule has 2 aromatic heterocycles. The SMILES string of the molecule is CC(C)C(=O)N1CCN(Cc2nc3c(c(=O)[nH]c(=O)n3C)n2C)CC1. The Bertz CT molecular complexity index is 914. The Kier molecular flexibility index (Phi) is 4.51. The monoisotopic (exact) mass is 348 g/mol. The number of aromatic amines is 1. The maximum atomic E-state index is 12.1. The summed E-state index contributed by atoms with van der Waals surface area (Å²) in [4.78, 5) is 46.8. The van der Waals surface area contributed by atoms with Crippen LogP contribution >= 0.6 is 0 Å². The molecule has 3 rings (SSSR count). The van der Waals surface area contributed by atoms with Crippen LogP contribution < -0.4 is 11.2 Å². The number of H-pyrrole nitrogens is 1. The van der Waals surface area contributed by atoms with Gasteiger partial charge in [-0.2, -0.15) is 0 Å². The molecule has 0 radical (unpaired) electrons. The van der Waals surface area contributed by atoms with Crippen LogP contribution in [-0.2, 0) is 25.4 Å². The van der Waals surface area contributed by atoms with Crippen LogP contribution in [0, 0.1) is 5.92 Å². The van der Waals surface area contributed by atoms with Gasteiger partial charge >= 0.3 is 5.69 Å². The van der Waals surface area contributed by atoms with Crippen molar-refractivity contribution in [3.05, 3.63) is 26.7 Å². The Morgan fingerprint density at radius 3 is 2.36 bits per heavy atom. The molecule has 1 amide bonds. The van der Waals surface area contributed by atoms with Crippen LogP contribution in [-0.4, -0.2) is 61.0 Å². The number of rotatable bonds is 3. The highest BCUT2D eigenvalue weighted by Crippen LogP contribution is 2.13. The number of nitrogens with one attached hydrogen (secondary N) is 1. The van der Waals surface area contributed by atoms with E-state index in [1.807, 2.05) is 18.7 Å². The van der Waals surface area contributed by atoms with Crippen molar-refractivity contribution in [2.24, 2.45) is 20.0 Å². The number of carbonyl (C=O) groups excluding carboxylic acids is 1. The number of fused-ring (bicyclic) bond motifs is 1. The van der Waals surface area contributed by atoms with Crippen molar-refractivity contribution in [2.75, 3.05) is 26.2 Å². The molecule has 0 saturated carbocycles. The average Bonchev–Trinajstić information content (AvgIpc) is 2.90. The van der Waals surface area contributed by atoms with E-state index in [2.05, 4.69) is 14.9 Å². The molecule has 0 unspecified atom stereocenters. The van der Waals surface area contributed by atoms with E-state index in [-0.39, 0.29) is 11.8 Å². The van der Waals surface area contributed by atoms with Gasteiger partial charge in [0.25, 0.3) is 5.56 Å². The minimum Gasteiger partial charge on any atom is -0.340 e. The molecule has 1 N–H and O–H groups in total. The first-order chi connectivity index (χ1) is 11.8. The molecule has 1 aliphatic heterocycles. The van der Waals surface area contributed by atoms with Gasteiger partial charge in [0, 0.05) is 46.2 Å². The number of piperazine rings is 1. The van der Waals surface area contributed by atoms with Crippen molar-refractivity contribution in [1.82, 2.24) is 28.9 Å². The molecular formula is C16H24N6O3. The highest BCUT2D eigenvalue weighted by molar-refractivity contribution is 5.78. The van der Waals surface area contributed by atoms with E-state index in [1.54, 1.807) is 18.7 Å². The standard InChI is InChI=1S/C16H24N6O3/c1-10(2)15(24)22-7-5-21(6-8-22)9-11-17-13-12(19(11)3)14(23)18-16(25)20(13)4/h10H,5-9H2,1-4H3,(H,18,23,25). The van der Waals surface area contributed by atoms with Crippen LogP contribution in [0.4, 0.5) is 0 Å². The summed E-state index contributed by atoms with van der Waals surface area (Å²) in [6, 6.07) is 0. The normalized spacial score (nSPS) is 16.1. The molecule has 1 fully saturated rings. The predicted octanol–water partition coefficient (Wildman–Crippen LogP) is -0.739. The van der Waals surface area contributed by atoms with E-state index < -0.39 is 11.2 Å². The number of imidazole rings is 1. The third-order valence-electron chi connectivity index (χ3n) is 4.77. The fraction of sp³-hybridized carbons (Fsp3) is 0.625. The number of hydrogen-bond acceptors (Lipinski definition) is 5. The van der Waals surface area contributed by atoms with Crippen LogP contribution in [0.2, 0.25) is 0 Å². The van der Waals surface area contributed by atoms with Crippen molar-refractivity contribution in [2.45, 2.75) is 20.4 Å². The molecule has 9 heteroatoms. The Labute approximate surface area is 144 Å². The second-order valence-corrected chi connectivity index (χ2v) is 6.83. The van der Waals surface area contributed by atoms with Crippen molar-refractivity contribution < 1.29 is 4.79 Å². The summed E-state index contributed by atoms with van der Waals surface area (Å²) in [7, 11) is 3.37. The molecule has 2 aromatic rings. The van der Waals surface area contributed by atoms with Gasteiger partial charge in [0.05, 0.1) is 6.54 Å². The zero-order valence-corrected chi connectivity index (χ0v) is 15.1. The van der Waals surface area contributed by atoms with Gasteiger partial charge in [-0.25, -0.2) is 9.78 Å². The van der Waals surface area contributed by atoms with Crippen LogP contribution in [0.25, 0.3) is 11.2 Å². The zero-order valence-electron chi connectivity index (χ0n) is 15.1. The van der Waals surface area contributed by atoms with Gasteiger partial charge in [0.1, 0.15) is 5.82 Å². The minimum absolute atomic E-state index is 0.0133. The molecule has 1 aliphatic rings. The highest BCUT2D eigenvalue weighted by atomic mass is 16.2. The van der Waals surface area contributed by atoms with Crippen molar-refractivity contribution in [3.8, 4) is 0 Å². The zero-order chi connectivity index (χ0) is 18.3. The summed E-state index contributed by atoms with van der Waals surface area (Å²) in [5.74, 6) is 0.925. The molecule has 1 saturated heterocycles. The summed E-state index contributed by atoms with van der Waals surface area (Å²) in [5.41, 5.74) is -0.111. The fourth-order valence-corrected chi connectivity index (χ4v) is 3.19. The van der Waals surface area contributed by atoms with E-state index in [9.17, 15) is 14.4 Å². The molecule has 9 nitrogen and oxygen atoms in total. The summed E-state index contributed by atoms with van der Waals surface area (Å²) in [6.45, 7) is 7.31. The van der Waals surface area contributed by atoms with Crippen molar-refractivity contribution in [3.63, 3.8) is 0 Å².